The van der Waals surface area contributed by atoms with E-state index in [2.05, 4.69) is 53.5 Å². The quantitative estimate of drug-likeness (QED) is 0.652. The first kappa shape index (κ1) is 18.7. The van der Waals surface area contributed by atoms with Crippen LogP contribution in [0.25, 0.3) is 0 Å². The molecule has 21 heavy (non-hydrogen) atoms. The van der Waals surface area contributed by atoms with Gasteiger partial charge in [0.1, 0.15) is 0 Å². The third-order valence-electron chi connectivity index (χ3n) is 3.20. The first-order chi connectivity index (χ1) is 10.2. The van der Waals surface area contributed by atoms with E-state index in [1.165, 1.54) is 5.56 Å². The molecule has 0 spiro atoms. The van der Waals surface area contributed by atoms with Crippen molar-refractivity contribution in [3.05, 3.63) is 22.2 Å². The molecule has 1 aromatic rings. The number of hydrogen-bond donors (Lipinski definition) is 1. The molecule has 3 nitrogen and oxygen atoms in total. The predicted molar refractivity (Wildman–Crippen MR) is 95.8 cm³/mol. The molecule has 0 heterocycles. The number of rotatable bonds is 10. The minimum atomic E-state index is 0.542. The van der Waals surface area contributed by atoms with Crippen molar-refractivity contribution in [3.8, 4) is 11.5 Å². The van der Waals surface area contributed by atoms with E-state index in [1.54, 1.807) is 7.11 Å². The predicted octanol–water partition coefficient (Wildman–Crippen LogP) is 4.48. The summed E-state index contributed by atoms with van der Waals surface area (Å²) >= 11 is 5.46. The zero-order chi connectivity index (χ0) is 15.7. The van der Waals surface area contributed by atoms with E-state index >= 15 is 0 Å². The van der Waals surface area contributed by atoms with Gasteiger partial charge in [-0.15, -0.1) is 0 Å². The summed E-state index contributed by atoms with van der Waals surface area (Å²) in [4.78, 5) is 0. The van der Waals surface area contributed by atoms with Crippen LogP contribution in [0.2, 0.25) is 0 Å². The number of benzene rings is 1. The second-order valence-electron chi connectivity index (χ2n) is 4.90. The van der Waals surface area contributed by atoms with Crippen LogP contribution < -0.4 is 14.8 Å². The molecule has 0 aliphatic carbocycles. The Hall–Kier alpha value is -0.390. The van der Waals surface area contributed by atoms with Gasteiger partial charge >= 0.3 is 0 Å². The van der Waals surface area contributed by atoms with Gasteiger partial charge in [-0.05, 0) is 52.7 Å². The Labute approximate surface area is 141 Å². The molecule has 1 atom stereocenters. The highest BCUT2D eigenvalue weighted by atomic mass is 79.9. The highest BCUT2D eigenvalue weighted by Crippen LogP contribution is 2.36. The summed E-state index contributed by atoms with van der Waals surface area (Å²) in [5.74, 6) is 2.71. The van der Waals surface area contributed by atoms with Gasteiger partial charge in [-0.2, -0.15) is 11.8 Å². The van der Waals surface area contributed by atoms with Gasteiger partial charge in [0, 0.05) is 18.3 Å². The van der Waals surface area contributed by atoms with Crippen molar-refractivity contribution >= 4 is 27.7 Å². The Bertz CT molecular complexity index is 429. The maximum atomic E-state index is 5.75. The van der Waals surface area contributed by atoms with Gasteiger partial charge in [0.2, 0.25) is 0 Å². The maximum absolute atomic E-state index is 5.75. The fraction of sp³-hybridized carbons (Fsp3) is 0.625. The molecule has 0 aromatic heterocycles. The van der Waals surface area contributed by atoms with Gasteiger partial charge in [-0.1, -0.05) is 13.8 Å². The maximum Gasteiger partial charge on any atom is 0.175 e. The molecule has 0 fully saturated rings. The number of halogens is 1. The van der Waals surface area contributed by atoms with Crippen molar-refractivity contribution in [1.82, 2.24) is 5.32 Å². The lowest BCUT2D eigenvalue weighted by atomic mass is 10.1. The van der Waals surface area contributed by atoms with Crippen LogP contribution in [0.3, 0.4) is 0 Å². The topological polar surface area (TPSA) is 30.5 Å². The molecule has 5 heteroatoms. The van der Waals surface area contributed by atoms with Crippen molar-refractivity contribution in [2.75, 3.05) is 25.7 Å². The van der Waals surface area contributed by atoms with Crippen LogP contribution in [0.15, 0.2) is 16.6 Å². The largest absolute Gasteiger partial charge is 0.493 e. The summed E-state index contributed by atoms with van der Waals surface area (Å²) in [7, 11) is 1.68. The third-order valence-corrected chi connectivity index (χ3v) is 4.52. The number of methoxy groups -OCH3 is 1. The Morgan fingerprint density at radius 3 is 2.67 bits per heavy atom. The minimum absolute atomic E-state index is 0.542. The third kappa shape index (κ3) is 6.09. The van der Waals surface area contributed by atoms with E-state index in [9.17, 15) is 0 Å². The summed E-state index contributed by atoms with van der Waals surface area (Å²) in [5.41, 5.74) is 1.20. The molecule has 0 aliphatic rings. The number of nitrogens with one attached hydrogen (secondary N) is 1. The second kappa shape index (κ2) is 10.4. The summed E-state index contributed by atoms with van der Waals surface area (Å²) in [6, 6.07) is 4.70. The van der Waals surface area contributed by atoms with E-state index in [4.69, 9.17) is 9.47 Å². The molecule has 0 bridgehead atoms. The Balaban J connectivity index is 2.78. The van der Waals surface area contributed by atoms with Gasteiger partial charge in [0.05, 0.1) is 18.2 Å². The average Bonchev–Trinajstić information content (AvgIpc) is 2.49. The molecule has 120 valence electrons. The summed E-state index contributed by atoms with van der Waals surface area (Å²) in [6.45, 7) is 5.83. The van der Waals surface area contributed by atoms with Crippen LogP contribution in [0.5, 0.6) is 11.5 Å². The standard InChI is InChI=1S/C16H26BrNO2S/c1-5-7-20-16-14(17)8-12(9-15(16)19-3)10-18-13(6-2)11-21-4/h8-9,13,18H,5-7,10-11H2,1-4H3. The summed E-state index contributed by atoms with van der Waals surface area (Å²) < 4.78 is 12.2. The van der Waals surface area contributed by atoms with E-state index in [1.807, 2.05) is 11.8 Å². The molecule has 0 saturated carbocycles. The molecule has 1 N–H and O–H groups in total. The lowest BCUT2D eigenvalue weighted by molar-refractivity contribution is 0.292. The van der Waals surface area contributed by atoms with Crippen LogP contribution in [0.1, 0.15) is 32.3 Å². The van der Waals surface area contributed by atoms with Crippen LogP contribution in [0.4, 0.5) is 0 Å². The fourth-order valence-electron chi connectivity index (χ4n) is 2.00. The van der Waals surface area contributed by atoms with E-state index in [0.717, 1.165) is 41.1 Å². The molecule has 0 aliphatic heterocycles. The fourth-order valence-corrected chi connectivity index (χ4v) is 3.36. The lowest BCUT2D eigenvalue weighted by Crippen LogP contribution is -2.30. The second-order valence-corrected chi connectivity index (χ2v) is 6.66. The van der Waals surface area contributed by atoms with Crippen LogP contribution >= 0.6 is 27.7 Å². The number of thioether (sulfide) groups is 1. The van der Waals surface area contributed by atoms with Crippen molar-refractivity contribution in [1.29, 1.82) is 0 Å². The van der Waals surface area contributed by atoms with Crippen LogP contribution in [0, 0.1) is 0 Å². The molecule has 1 rings (SSSR count). The normalized spacial score (nSPS) is 12.2. The molecule has 1 unspecified atom stereocenters. The smallest absolute Gasteiger partial charge is 0.175 e. The first-order valence-electron chi connectivity index (χ1n) is 7.37. The zero-order valence-corrected chi connectivity index (χ0v) is 15.8. The molecule has 1 aromatic carbocycles. The monoisotopic (exact) mass is 375 g/mol. The molecule has 0 radical (unpaired) electrons. The van der Waals surface area contributed by atoms with Crippen LogP contribution in [-0.2, 0) is 6.54 Å². The van der Waals surface area contributed by atoms with Gasteiger partial charge in [0.25, 0.3) is 0 Å². The minimum Gasteiger partial charge on any atom is -0.493 e. The van der Waals surface area contributed by atoms with Crippen molar-refractivity contribution < 1.29 is 9.47 Å². The van der Waals surface area contributed by atoms with Crippen molar-refractivity contribution in [2.45, 2.75) is 39.3 Å². The lowest BCUT2D eigenvalue weighted by Gasteiger charge is -2.18. The number of ether oxygens (including phenoxy) is 2. The van der Waals surface area contributed by atoms with E-state index in [0.29, 0.717) is 12.6 Å². The molecular weight excluding hydrogens is 350 g/mol. The Morgan fingerprint density at radius 1 is 1.33 bits per heavy atom. The van der Waals surface area contributed by atoms with E-state index < -0.39 is 0 Å². The van der Waals surface area contributed by atoms with Crippen molar-refractivity contribution in [3.63, 3.8) is 0 Å². The Kier molecular flexibility index (Phi) is 9.20. The number of hydrogen-bond acceptors (Lipinski definition) is 4. The van der Waals surface area contributed by atoms with Crippen molar-refractivity contribution in [2.24, 2.45) is 0 Å². The SMILES string of the molecule is CCCOc1c(Br)cc(CNC(CC)CSC)cc1OC. The van der Waals surface area contributed by atoms with Gasteiger partial charge in [-0.25, -0.2) is 0 Å². The van der Waals surface area contributed by atoms with Crippen LogP contribution in [-0.4, -0.2) is 31.8 Å². The molecule has 0 saturated heterocycles. The van der Waals surface area contributed by atoms with E-state index in [-0.39, 0.29) is 0 Å². The molecule has 0 amide bonds. The summed E-state index contributed by atoms with van der Waals surface area (Å²) in [5, 5.41) is 3.59. The first-order valence-corrected chi connectivity index (χ1v) is 9.56. The zero-order valence-electron chi connectivity index (χ0n) is 13.4. The average molecular weight is 376 g/mol. The Morgan fingerprint density at radius 2 is 2.10 bits per heavy atom. The van der Waals surface area contributed by atoms with Gasteiger partial charge in [0.15, 0.2) is 11.5 Å². The molecular formula is C16H26BrNO2S. The van der Waals surface area contributed by atoms with Gasteiger partial charge < -0.3 is 14.8 Å². The van der Waals surface area contributed by atoms with Gasteiger partial charge in [-0.3, -0.25) is 0 Å². The highest BCUT2D eigenvalue weighted by Gasteiger charge is 2.12. The highest BCUT2D eigenvalue weighted by molar-refractivity contribution is 9.10. The summed E-state index contributed by atoms with van der Waals surface area (Å²) in [6.07, 6.45) is 4.26.